The maximum absolute atomic E-state index is 12.6. The molecule has 0 spiro atoms. The number of amides is 1. The number of methoxy groups -OCH3 is 1. The van der Waals surface area contributed by atoms with Gasteiger partial charge in [-0.15, -0.1) is 0 Å². The molecule has 4 aromatic rings. The number of hydrogen-bond donors (Lipinski definition) is 1. The normalized spacial score (nSPS) is 10.9. The van der Waals surface area contributed by atoms with Crippen LogP contribution in [0.15, 0.2) is 68.0 Å². The molecule has 4 rings (SSSR count). The highest BCUT2D eigenvalue weighted by Gasteiger charge is 2.14. The lowest BCUT2D eigenvalue weighted by molar-refractivity contribution is 0.102. The first-order chi connectivity index (χ1) is 13.9. The van der Waals surface area contributed by atoms with E-state index in [1.807, 2.05) is 18.2 Å². The van der Waals surface area contributed by atoms with E-state index in [-0.39, 0.29) is 5.91 Å². The van der Waals surface area contributed by atoms with Crippen molar-refractivity contribution in [3.05, 3.63) is 72.7 Å². The Morgan fingerprint density at radius 2 is 1.90 bits per heavy atom. The van der Waals surface area contributed by atoms with Crippen molar-refractivity contribution in [2.45, 2.75) is 0 Å². The van der Waals surface area contributed by atoms with Crippen molar-refractivity contribution in [1.29, 1.82) is 0 Å². The highest BCUT2D eigenvalue weighted by atomic mass is 127. The zero-order valence-corrected chi connectivity index (χ0v) is 20.3. The Morgan fingerprint density at radius 3 is 2.66 bits per heavy atom. The van der Waals surface area contributed by atoms with E-state index in [4.69, 9.17) is 9.15 Å². The molecule has 0 atom stereocenters. The van der Waals surface area contributed by atoms with Crippen LogP contribution in [0, 0.1) is 3.57 Å². The Morgan fingerprint density at radius 1 is 1.07 bits per heavy atom. The minimum atomic E-state index is -0.225. The molecule has 0 radical (unpaired) electrons. The Kier molecular flexibility index (Phi) is 5.93. The highest BCUT2D eigenvalue weighted by molar-refractivity contribution is 14.1. The lowest BCUT2D eigenvalue weighted by Gasteiger charge is -2.07. The summed E-state index contributed by atoms with van der Waals surface area (Å²) in [6, 6.07) is 16.5. The summed E-state index contributed by atoms with van der Waals surface area (Å²) in [5, 5.41) is 2.89. The van der Waals surface area contributed by atoms with Crippen molar-refractivity contribution < 1.29 is 13.9 Å². The van der Waals surface area contributed by atoms with Crippen LogP contribution in [0.5, 0.6) is 5.75 Å². The van der Waals surface area contributed by atoms with E-state index in [1.54, 1.807) is 43.5 Å². The van der Waals surface area contributed by atoms with Gasteiger partial charge in [-0.1, -0.05) is 0 Å². The predicted octanol–water partition coefficient (Wildman–Crippen LogP) is 6.89. The first-order valence-electron chi connectivity index (χ1n) is 8.45. The van der Waals surface area contributed by atoms with Gasteiger partial charge in [0.1, 0.15) is 11.3 Å². The number of oxazole rings is 1. The molecule has 0 fully saturated rings. The van der Waals surface area contributed by atoms with Crippen molar-refractivity contribution in [2.75, 3.05) is 12.4 Å². The maximum Gasteiger partial charge on any atom is 0.255 e. The molecule has 1 amide bonds. The maximum atomic E-state index is 12.6. The molecule has 8 heteroatoms. The molecule has 0 aliphatic heterocycles. The van der Waals surface area contributed by atoms with Gasteiger partial charge in [0, 0.05) is 19.3 Å². The fourth-order valence-corrected chi connectivity index (χ4v) is 4.24. The van der Waals surface area contributed by atoms with E-state index in [2.05, 4.69) is 64.8 Å². The van der Waals surface area contributed by atoms with Gasteiger partial charge in [-0.2, -0.15) is 0 Å². The molecule has 0 unspecified atom stereocenters. The molecular weight excluding hydrogens is 615 g/mol. The molecule has 0 saturated heterocycles. The van der Waals surface area contributed by atoms with Crippen LogP contribution in [0.4, 0.5) is 5.69 Å². The number of rotatable bonds is 4. The quantitative estimate of drug-likeness (QED) is 0.251. The lowest BCUT2D eigenvalue weighted by Crippen LogP contribution is -2.11. The predicted molar refractivity (Wildman–Crippen MR) is 129 cm³/mol. The summed E-state index contributed by atoms with van der Waals surface area (Å²) in [4.78, 5) is 17.2. The molecule has 3 aromatic carbocycles. The van der Waals surface area contributed by atoms with Crippen LogP contribution in [-0.4, -0.2) is 18.0 Å². The van der Waals surface area contributed by atoms with E-state index in [9.17, 15) is 4.79 Å². The van der Waals surface area contributed by atoms with Crippen molar-refractivity contribution >= 4 is 77.1 Å². The molecule has 146 valence electrons. The topological polar surface area (TPSA) is 64.4 Å². The molecule has 0 aliphatic rings. The van der Waals surface area contributed by atoms with Crippen LogP contribution in [0.2, 0.25) is 0 Å². The van der Waals surface area contributed by atoms with Crippen LogP contribution in [0.3, 0.4) is 0 Å². The Balaban J connectivity index is 1.61. The summed E-state index contributed by atoms with van der Waals surface area (Å²) < 4.78 is 13.8. The van der Waals surface area contributed by atoms with Crippen LogP contribution < -0.4 is 10.1 Å². The standard InChI is InChI=1S/C21H13Br2IN2O3/c1-28-18-6-2-11(8-16(18)23)20(27)25-13-4-7-19-17(10-13)26-21(29-19)14-9-12(24)3-5-15(14)22/h2-10H,1H3,(H,25,27). The van der Waals surface area contributed by atoms with Crippen LogP contribution in [0.25, 0.3) is 22.6 Å². The number of ether oxygens (including phenoxy) is 1. The van der Waals surface area contributed by atoms with Gasteiger partial charge in [-0.3, -0.25) is 4.79 Å². The van der Waals surface area contributed by atoms with Gasteiger partial charge in [0.15, 0.2) is 5.58 Å². The molecular formula is C21H13Br2IN2O3. The van der Waals surface area contributed by atoms with Gasteiger partial charge in [0.2, 0.25) is 5.89 Å². The summed E-state index contributed by atoms with van der Waals surface area (Å²) in [7, 11) is 1.58. The second-order valence-electron chi connectivity index (χ2n) is 6.13. The lowest BCUT2D eigenvalue weighted by atomic mass is 10.2. The van der Waals surface area contributed by atoms with Gasteiger partial charge in [-0.05, 0) is 109 Å². The Bertz CT molecular complexity index is 1240. The van der Waals surface area contributed by atoms with Gasteiger partial charge < -0.3 is 14.5 Å². The minimum Gasteiger partial charge on any atom is -0.496 e. The number of aromatic nitrogens is 1. The summed E-state index contributed by atoms with van der Waals surface area (Å²) in [6.07, 6.45) is 0. The molecule has 5 nitrogen and oxygen atoms in total. The number of fused-ring (bicyclic) bond motifs is 1. The molecule has 1 N–H and O–H groups in total. The number of hydrogen-bond acceptors (Lipinski definition) is 4. The zero-order valence-electron chi connectivity index (χ0n) is 15.0. The van der Waals surface area contributed by atoms with Gasteiger partial charge >= 0.3 is 0 Å². The van der Waals surface area contributed by atoms with E-state index in [0.29, 0.717) is 38.5 Å². The number of anilines is 1. The van der Waals surface area contributed by atoms with E-state index >= 15 is 0 Å². The molecule has 0 bridgehead atoms. The third kappa shape index (κ3) is 4.34. The fraction of sp³-hybridized carbons (Fsp3) is 0.0476. The van der Waals surface area contributed by atoms with Gasteiger partial charge in [0.25, 0.3) is 5.91 Å². The second kappa shape index (κ2) is 8.45. The summed E-state index contributed by atoms with van der Waals surface area (Å²) in [5.74, 6) is 0.963. The smallest absolute Gasteiger partial charge is 0.255 e. The molecule has 0 saturated carbocycles. The van der Waals surface area contributed by atoms with Crippen LogP contribution in [0.1, 0.15) is 10.4 Å². The summed E-state index contributed by atoms with van der Waals surface area (Å²) in [6.45, 7) is 0. The fourth-order valence-electron chi connectivity index (χ4n) is 2.79. The number of carbonyl (C=O) groups is 1. The minimum absolute atomic E-state index is 0.225. The number of carbonyl (C=O) groups excluding carboxylic acids is 1. The van der Waals surface area contributed by atoms with Crippen molar-refractivity contribution in [3.8, 4) is 17.2 Å². The molecule has 1 heterocycles. The summed E-state index contributed by atoms with van der Waals surface area (Å²) in [5.41, 5.74) is 3.34. The van der Waals surface area contributed by atoms with Crippen LogP contribution >= 0.6 is 54.5 Å². The second-order valence-corrected chi connectivity index (χ2v) is 9.08. The monoisotopic (exact) mass is 626 g/mol. The van der Waals surface area contributed by atoms with Crippen LogP contribution in [-0.2, 0) is 0 Å². The van der Waals surface area contributed by atoms with Crippen molar-refractivity contribution in [1.82, 2.24) is 4.98 Å². The highest BCUT2D eigenvalue weighted by Crippen LogP contribution is 2.32. The van der Waals surface area contributed by atoms with E-state index in [0.717, 1.165) is 13.6 Å². The van der Waals surface area contributed by atoms with Crippen molar-refractivity contribution in [3.63, 3.8) is 0 Å². The Hall–Kier alpha value is -1.91. The molecule has 29 heavy (non-hydrogen) atoms. The number of halogens is 3. The zero-order chi connectivity index (χ0) is 20.5. The van der Waals surface area contributed by atoms with E-state index < -0.39 is 0 Å². The van der Waals surface area contributed by atoms with Gasteiger partial charge in [0.05, 0.1) is 17.1 Å². The summed E-state index contributed by atoms with van der Waals surface area (Å²) >= 11 is 9.19. The average molecular weight is 628 g/mol. The number of nitrogens with zero attached hydrogens (tertiary/aromatic N) is 1. The molecule has 0 aliphatic carbocycles. The van der Waals surface area contributed by atoms with E-state index in [1.165, 1.54) is 0 Å². The number of nitrogens with one attached hydrogen (secondary N) is 1. The van der Waals surface area contributed by atoms with Crippen molar-refractivity contribution in [2.24, 2.45) is 0 Å². The number of benzene rings is 3. The largest absolute Gasteiger partial charge is 0.496 e. The first kappa shape index (κ1) is 20.4. The average Bonchev–Trinajstić information content (AvgIpc) is 3.12. The van der Waals surface area contributed by atoms with Gasteiger partial charge in [-0.25, -0.2) is 4.98 Å². The first-order valence-corrected chi connectivity index (χ1v) is 11.1. The molecule has 1 aromatic heterocycles. The third-order valence-corrected chi connectivity index (χ3v) is 6.20. The Labute approximate surface area is 197 Å². The third-order valence-electron chi connectivity index (χ3n) is 4.22. The SMILES string of the molecule is COc1ccc(C(=O)Nc2ccc3oc(-c4cc(I)ccc4Br)nc3c2)cc1Br.